The highest BCUT2D eigenvalue weighted by atomic mass is 35.5. The normalized spacial score (nSPS) is 11.1. The van der Waals surface area contributed by atoms with E-state index in [9.17, 15) is 4.79 Å². The van der Waals surface area contributed by atoms with Crippen LogP contribution >= 0.6 is 11.6 Å². The Bertz CT molecular complexity index is 1490. The summed E-state index contributed by atoms with van der Waals surface area (Å²) in [6.07, 6.45) is 0. The van der Waals surface area contributed by atoms with Crippen molar-refractivity contribution < 1.29 is 0 Å². The molecule has 0 saturated carbocycles. The minimum Gasteiger partial charge on any atom is -0.332 e. The summed E-state index contributed by atoms with van der Waals surface area (Å²) in [5, 5.41) is 14.7. The fraction of sp³-hybridized carbons (Fsp3) is 0.0800. The van der Waals surface area contributed by atoms with Crippen LogP contribution in [0.3, 0.4) is 0 Å². The van der Waals surface area contributed by atoms with Crippen LogP contribution in [0.4, 0.5) is 11.5 Å². The van der Waals surface area contributed by atoms with E-state index in [1.807, 2.05) is 97.5 Å². The SMILES string of the molecule is Cc1c(Nc2nnc(-c3ccc(Cl)cc3)c3ccccc23)c(=O)n(-c2ccccc2)n1C. The topological polar surface area (TPSA) is 64.7 Å². The van der Waals surface area contributed by atoms with Crippen LogP contribution in [0.5, 0.6) is 0 Å². The van der Waals surface area contributed by atoms with E-state index in [1.165, 1.54) is 0 Å². The van der Waals surface area contributed by atoms with Crippen molar-refractivity contribution in [3.8, 4) is 16.9 Å². The molecular formula is C25H20ClN5O. The first-order valence-corrected chi connectivity index (χ1v) is 10.5. The van der Waals surface area contributed by atoms with Crippen LogP contribution in [0.25, 0.3) is 27.7 Å². The van der Waals surface area contributed by atoms with Gasteiger partial charge in [-0.2, -0.15) is 0 Å². The summed E-state index contributed by atoms with van der Waals surface area (Å²) >= 11 is 6.04. The van der Waals surface area contributed by atoms with E-state index in [4.69, 9.17) is 11.6 Å². The molecule has 3 aromatic carbocycles. The average molecular weight is 442 g/mol. The van der Waals surface area contributed by atoms with E-state index in [2.05, 4.69) is 15.5 Å². The molecule has 7 heteroatoms. The van der Waals surface area contributed by atoms with Crippen molar-refractivity contribution in [3.63, 3.8) is 0 Å². The van der Waals surface area contributed by atoms with E-state index >= 15 is 0 Å². The molecule has 2 aromatic heterocycles. The fourth-order valence-electron chi connectivity index (χ4n) is 3.85. The molecule has 0 aliphatic heterocycles. The third-order valence-corrected chi connectivity index (χ3v) is 5.85. The van der Waals surface area contributed by atoms with Crippen LogP contribution in [0.15, 0.2) is 83.7 Å². The minimum atomic E-state index is -0.149. The van der Waals surface area contributed by atoms with Gasteiger partial charge < -0.3 is 5.32 Å². The zero-order valence-corrected chi connectivity index (χ0v) is 18.3. The number of rotatable bonds is 4. The quantitative estimate of drug-likeness (QED) is 0.400. The molecule has 1 N–H and O–H groups in total. The van der Waals surface area contributed by atoms with E-state index in [1.54, 1.807) is 4.68 Å². The maximum atomic E-state index is 13.3. The van der Waals surface area contributed by atoms with Crippen LogP contribution in [-0.4, -0.2) is 19.6 Å². The molecule has 0 aliphatic carbocycles. The number of para-hydroxylation sites is 1. The van der Waals surface area contributed by atoms with Gasteiger partial charge in [0.15, 0.2) is 5.82 Å². The van der Waals surface area contributed by atoms with E-state index in [0.29, 0.717) is 16.5 Å². The summed E-state index contributed by atoms with van der Waals surface area (Å²) in [5.74, 6) is 0.532. The van der Waals surface area contributed by atoms with Gasteiger partial charge in [-0.1, -0.05) is 66.2 Å². The molecule has 6 nitrogen and oxygen atoms in total. The van der Waals surface area contributed by atoms with Crippen molar-refractivity contribution in [2.75, 3.05) is 5.32 Å². The molecule has 0 fully saturated rings. The number of anilines is 2. The summed E-state index contributed by atoms with van der Waals surface area (Å²) in [7, 11) is 1.86. The van der Waals surface area contributed by atoms with E-state index in [-0.39, 0.29) is 5.56 Å². The molecule has 0 unspecified atom stereocenters. The zero-order chi connectivity index (χ0) is 22.2. The molecule has 0 radical (unpaired) electrons. The molecule has 0 aliphatic rings. The zero-order valence-electron chi connectivity index (χ0n) is 17.6. The predicted octanol–water partition coefficient (Wildman–Crippen LogP) is 5.49. The standard InChI is InChI=1S/C25H20ClN5O/c1-16-22(25(32)31(30(16)2)19-8-4-3-5-9-19)27-24-21-11-7-6-10-20(21)23(28-29-24)17-12-14-18(26)15-13-17/h3-15H,1-2H3,(H,27,29). The lowest BCUT2D eigenvalue weighted by Crippen LogP contribution is -2.20. The van der Waals surface area contributed by atoms with Crippen molar-refractivity contribution >= 4 is 33.9 Å². The average Bonchev–Trinajstić information content (AvgIpc) is 3.03. The van der Waals surface area contributed by atoms with Gasteiger partial charge in [0.05, 0.1) is 11.4 Å². The van der Waals surface area contributed by atoms with Gasteiger partial charge in [0.2, 0.25) is 0 Å². The predicted molar refractivity (Wildman–Crippen MR) is 129 cm³/mol. The number of hydrogen-bond donors (Lipinski definition) is 1. The first-order chi connectivity index (χ1) is 15.5. The summed E-state index contributed by atoms with van der Waals surface area (Å²) in [6.45, 7) is 1.90. The number of halogens is 1. The summed E-state index contributed by atoms with van der Waals surface area (Å²) in [4.78, 5) is 13.3. The molecule has 5 rings (SSSR count). The molecule has 158 valence electrons. The van der Waals surface area contributed by atoms with Crippen molar-refractivity contribution in [3.05, 3.63) is 99.9 Å². The Morgan fingerprint density at radius 2 is 1.50 bits per heavy atom. The first kappa shape index (κ1) is 20.0. The number of nitrogens with zero attached hydrogens (tertiary/aromatic N) is 4. The Hall–Kier alpha value is -3.90. The molecule has 0 atom stereocenters. The van der Waals surface area contributed by atoms with Gasteiger partial charge in [0.25, 0.3) is 5.56 Å². The third kappa shape index (κ3) is 3.35. The van der Waals surface area contributed by atoms with Crippen LogP contribution in [0.2, 0.25) is 5.02 Å². The Kier molecular flexibility index (Phi) is 4.99. The van der Waals surface area contributed by atoms with E-state index in [0.717, 1.165) is 33.4 Å². The summed E-state index contributed by atoms with van der Waals surface area (Å²) in [5.41, 5.74) is 3.59. The molecule has 0 spiro atoms. The summed E-state index contributed by atoms with van der Waals surface area (Å²) in [6, 6.07) is 24.9. The molecule has 0 amide bonds. The number of fused-ring (bicyclic) bond motifs is 1. The molecule has 5 aromatic rings. The minimum absolute atomic E-state index is 0.149. The lowest BCUT2D eigenvalue weighted by atomic mass is 10.0. The highest BCUT2D eigenvalue weighted by Gasteiger charge is 2.18. The molecule has 2 heterocycles. The molecule has 0 bridgehead atoms. The van der Waals surface area contributed by atoms with Gasteiger partial charge in [-0.3, -0.25) is 9.48 Å². The number of hydrogen-bond acceptors (Lipinski definition) is 4. The Balaban J connectivity index is 1.63. The van der Waals surface area contributed by atoms with Crippen LogP contribution in [-0.2, 0) is 7.05 Å². The Morgan fingerprint density at radius 1 is 0.844 bits per heavy atom. The third-order valence-electron chi connectivity index (χ3n) is 5.60. The highest BCUT2D eigenvalue weighted by molar-refractivity contribution is 6.30. The van der Waals surface area contributed by atoms with Gasteiger partial charge in [-0.25, -0.2) is 4.68 Å². The smallest absolute Gasteiger partial charge is 0.295 e. The first-order valence-electron chi connectivity index (χ1n) is 10.2. The van der Waals surface area contributed by atoms with Crippen LogP contribution in [0, 0.1) is 6.92 Å². The Morgan fingerprint density at radius 3 is 2.22 bits per heavy atom. The maximum Gasteiger partial charge on any atom is 0.295 e. The highest BCUT2D eigenvalue weighted by Crippen LogP contribution is 2.31. The lowest BCUT2D eigenvalue weighted by Gasteiger charge is -2.10. The monoisotopic (exact) mass is 441 g/mol. The van der Waals surface area contributed by atoms with Crippen LogP contribution in [0.1, 0.15) is 5.69 Å². The van der Waals surface area contributed by atoms with Crippen molar-refractivity contribution in [1.82, 2.24) is 19.6 Å². The lowest BCUT2D eigenvalue weighted by molar-refractivity contribution is 0.630. The van der Waals surface area contributed by atoms with Gasteiger partial charge in [-0.15, -0.1) is 10.2 Å². The molecule has 0 saturated heterocycles. The largest absolute Gasteiger partial charge is 0.332 e. The summed E-state index contributed by atoms with van der Waals surface area (Å²) < 4.78 is 3.47. The van der Waals surface area contributed by atoms with Crippen molar-refractivity contribution in [2.45, 2.75) is 6.92 Å². The van der Waals surface area contributed by atoms with Crippen molar-refractivity contribution in [2.24, 2.45) is 7.05 Å². The fourth-order valence-corrected chi connectivity index (χ4v) is 3.97. The Labute approximate surface area is 189 Å². The molecule has 32 heavy (non-hydrogen) atoms. The maximum absolute atomic E-state index is 13.3. The number of nitrogens with one attached hydrogen (secondary N) is 1. The van der Waals surface area contributed by atoms with Gasteiger partial charge >= 0.3 is 0 Å². The van der Waals surface area contributed by atoms with Gasteiger partial charge in [0, 0.05) is 28.4 Å². The van der Waals surface area contributed by atoms with Gasteiger partial charge in [-0.05, 0) is 31.2 Å². The van der Waals surface area contributed by atoms with Crippen LogP contribution < -0.4 is 10.9 Å². The van der Waals surface area contributed by atoms with Gasteiger partial charge in [0.1, 0.15) is 11.4 Å². The van der Waals surface area contributed by atoms with E-state index < -0.39 is 0 Å². The second-order valence-corrected chi connectivity index (χ2v) is 7.95. The number of aromatic nitrogens is 4. The second kappa shape index (κ2) is 7.98. The number of benzene rings is 3. The van der Waals surface area contributed by atoms with Crippen molar-refractivity contribution in [1.29, 1.82) is 0 Å². The second-order valence-electron chi connectivity index (χ2n) is 7.51. The molecular weight excluding hydrogens is 422 g/mol.